The molecule has 0 aliphatic rings. The highest BCUT2D eigenvalue weighted by Gasteiger charge is 2.10. The van der Waals surface area contributed by atoms with Crippen LogP contribution in [0.5, 0.6) is 0 Å². The highest BCUT2D eigenvalue weighted by molar-refractivity contribution is 7.16. The van der Waals surface area contributed by atoms with E-state index in [4.69, 9.17) is 5.73 Å². The van der Waals surface area contributed by atoms with Gasteiger partial charge in [-0.05, 0) is 31.2 Å². The third-order valence-electron chi connectivity index (χ3n) is 3.21. The van der Waals surface area contributed by atoms with Crippen molar-refractivity contribution in [3.8, 4) is 0 Å². The lowest BCUT2D eigenvalue weighted by atomic mass is 10.2. The zero-order chi connectivity index (χ0) is 16.4. The Morgan fingerprint density at radius 3 is 2.65 bits per heavy atom. The van der Waals surface area contributed by atoms with Gasteiger partial charge >= 0.3 is 0 Å². The fraction of sp³-hybridized carbons (Fsp3) is 0.214. The monoisotopic (exact) mass is 330 g/mol. The molecule has 3 aromatic rings. The van der Waals surface area contributed by atoms with Crippen LogP contribution in [0.1, 0.15) is 27.6 Å². The molecule has 0 unspecified atom stereocenters. The number of primary amides is 1. The molecule has 1 aromatic carbocycles. The van der Waals surface area contributed by atoms with Crippen molar-refractivity contribution in [3.63, 3.8) is 0 Å². The quantitative estimate of drug-likeness (QED) is 0.728. The molecule has 0 saturated heterocycles. The lowest BCUT2D eigenvalue weighted by Gasteiger charge is -2.04. The van der Waals surface area contributed by atoms with Crippen LogP contribution >= 0.6 is 11.3 Å². The first-order valence-corrected chi connectivity index (χ1v) is 7.72. The number of aryl methyl sites for hydroxylation is 2. The second kappa shape index (κ2) is 6.13. The fourth-order valence-electron chi connectivity index (χ4n) is 2.02. The van der Waals surface area contributed by atoms with Crippen molar-refractivity contribution in [3.05, 3.63) is 40.7 Å². The van der Waals surface area contributed by atoms with Crippen LogP contribution in [0.3, 0.4) is 0 Å². The molecule has 23 heavy (non-hydrogen) atoms. The number of nitrogens with one attached hydrogen (secondary N) is 1. The summed E-state index contributed by atoms with van der Waals surface area (Å²) in [7, 11) is 0. The lowest BCUT2D eigenvalue weighted by molar-refractivity contribution is -0.116. The summed E-state index contributed by atoms with van der Waals surface area (Å²) in [5.74, 6) is 0.0995. The van der Waals surface area contributed by atoms with E-state index in [1.54, 1.807) is 28.8 Å². The highest BCUT2D eigenvalue weighted by atomic mass is 32.1. The Bertz CT molecular complexity index is 867. The molecule has 0 fully saturated rings. The first-order chi connectivity index (χ1) is 11.0. The van der Waals surface area contributed by atoms with Gasteiger partial charge in [-0.25, -0.2) is 0 Å². The first-order valence-electron chi connectivity index (χ1n) is 6.90. The van der Waals surface area contributed by atoms with Gasteiger partial charge in [0.15, 0.2) is 5.82 Å². The molecule has 9 heteroatoms. The molecular weight excluding hydrogens is 316 g/mol. The molecule has 0 saturated carbocycles. The summed E-state index contributed by atoms with van der Waals surface area (Å²) in [6.45, 7) is 1.83. The van der Waals surface area contributed by atoms with Crippen molar-refractivity contribution < 1.29 is 9.59 Å². The third kappa shape index (κ3) is 3.34. The maximum atomic E-state index is 12.0. The number of benzene rings is 1. The minimum atomic E-state index is -0.499. The van der Waals surface area contributed by atoms with Crippen molar-refractivity contribution in [2.45, 2.75) is 19.8 Å². The molecule has 0 atom stereocenters. The van der Waals surface area contributed by atoms with E-state index >= 15 is 0 Å². The summed E-state index contributed by atoms with van der Waals surface area (Å²) in [5, 5.41) is 15.9. The second-order valence-electron chi connectivity index (χ2n) is 4.93. The van der Waals surface area contributed by atoms with Gasteiger partial charge < -0.3 is 11.1 Å². The van der Waals surface area contributed by atoms with E-state index in [1.807, 2.05) is 6.92 Å². The zero-order valence-electron chi connectivity index (χ0n) is 12.3. The molecule has 0 bridgehead atoms. The molecule has 118 valence electrons. The molecule has 8 nitrogen and oxygen atoms in total. The standard InChI is InChI=1S/C14H14N6O2S/c1-8-17-18-14-20(8)19-12(23-14)7-6-11(21)16-10-4-2-9(3-5-10)13(15)22/h2-5H,6-7H2,1H3,(H2,15,22)(H,16,21). The summed E-state index contributed by atoms with van der Waals surface area (Å²) < 4.78 is 1.67. The number of carbonyl (C=O) groups is 2. The van der Waals surface area contributed by atoms with Crippen LogP contribution in [0, 0.1) is 6.92 Å². The number of rotatable bonds is 5. The van der Waals surface area contributed by atoms with Crippen molar-refractivity contribution in [1.82, 2.24) is 19.8 Å². The van der Waals surface area contributed by atoms with Gasteiger partial charge in [-0.2, -0.15) is 9.61 Å². The predicted molar refractivity (Wildman–Crippen MR) is 85.3 cm³/mol. The minimum Gasteiger partial charge on any atom is -0.366 e. The van der Waals surface area contributed by atoms with E-state index in [0.29, 0.717) is 24.1 Å². The van der Waals surface area contributed by atoms with Gasteiger partial charge in [0.2, 0.25) is 16.8 Å². The highest BCUT2D eigenvalue weighted by Crippen LogP contribution is 2.16. The van der Waals surface area contributed by atoms with Gasteiger partial charge in [-0.3, -0.25) is 9.59 Å². The zero-order valence-corrected chi connectivity index (χ0v) is 13.1. The molecule has 3 rings (SSSR count). The number of aromatic nitrogens is 4. The van der Waals surface area contributed by atoms with Crippen molar-refractivity contribution in [2.24, 2.45) is 5.73 Å². The van der Waals surface area contributed by atoms with Crippen LogP contribution in [-0.2, 0) is 11.2 Å². The topological polar surface area (TPSA) is 115 Å². The predicted octanol–water partition coefficient (Wildman–Crippen LogP) is 1.16. The van der Waals surface area contributed by atoms with Gasteiger partial charge in [-0.15, -0.1) is 10.2 Å². The molecule has 2 heterocycles. The molecule has 0 aliphatic carbocycles. The molecule has 2 aromatic heterocycles. The van der Waals surface area contributed by atoms with Crippen LogP contribution in [0.4, 0.5) is 5.69 Å². The van der Waals surface area contributed by atoms with E-state index in [0.717, 1.165) is 15.8 Å². The van der Waals surface area contributed by atoms with Crippen LogP contribution in [-0.4, -0.2) is 31.6 Å². The normalized spacial score (nSPS) is 10.8. The number of hydrogen-bond donors (Lipinski definition) is 2. The fourth-order valence-corrected chi connectivity index (χ4v) is 2.90. The molecule has 3 N–H and O–H groups in total. The maximum Gasteiger partial charge on any atom is 0.248 e. The Balaban J connectivity index is 1.57. The number of carbonyl (C=O) groups excluding carboxylic acids is 2. The van der Waals surface area contributed by atoms with E-state index in [2.05, 4.69) is 20.6 Å². The maximum absolute atomic E-state index is 12.0. The lowest BCUT2D eigenvalue weighted by Crippen LogP contribution is -2.13. The summed E-state index contributed by atoms with van der Waals surface area (Å²) in [5.41, 5.74) is 6.19. The van der Waals surface area contributed by atoms with Gasteiger partial charge in [0.05, 0.1) is 0 Å². The summed E-state index contributed by atoms with van der Waals surface area (Å²) in [4.78, 5) is 23.7. The second-order valence-corrected chi connectivity index (χ2v) is 5.97. The van der Waals surface area contributed by atoms with Gasteiger partial charge in [0.1, 0.15) is 5.01 Å². The Hall–Kier alpha value is -2.81. The molecule has 2 amide bonds. The average molecular weight is 330 g/mol. The summed E-state index contributed by atoms with van der Waals surface area (Å²) in [6, 6.07) is 6.43. The van der Waals surface area contributed by atoms with E-state index in [-0.39, 0.29) is 5.91 Å². The Labute approximate surface area is 135 Å². The van der Waals surface area contributed by atoms with Gasteiger partial charge in [0, 0.05) is 24.1 Å². The molecule has 0 aliphatic heterocycles. The summed E-state index contributed by atoms with van der Waals surface area (Å²) in [6.07, 6.45) is 0.833. The minimum absolute atomic E-state index is 0.125. The number of fused-ring (bicyclic) bond motifs is 1. The average Bonchev–Trinajstić information content (AvgIpc) is 3.08. The first kappa shape index (κ1) is 15.1. The SMILES string of the molecule is Cc1nnc2sc(CCC(=O)Nc3ccc(C(N)=O)cc3)nn12. The van der Waals surface area contributed by atoms with Crippen molar-refractivity contribution in [1.29, 1.82) is 0 Å². The molecular formula is C14H14N6O2S. The Kier molecular flexibility index (Phi) is 4.02. The molecule has 0 spiro atoms. The number of anilines is 1. The molecule has 0 radical (unpaired) electrons. The Morgan fingerprint density at radius 2 is 2.00 bits per heavy atom. The Morgan fingerprint density at radius 1 is 1.26 bits per heavy atom. The van der Waals surface area contributed by atoms with Gasteiger partial charge in [-0.1, -0.05) is 11.3 Å². The smallest absolute Gasteiger partial charge is 0.248 e. The number of nitrogens with zero attached hydrogens (tertiary/aromatic N) is 4. The van der Waals surface area contributed by atoms with E-state index in [9.17, 15) is 9.59 Å². The summed E-state index contributed by atoms with van der Waals surface area (Å²) >= 11 is 1.42. The third-order valence-corrected chi connectivity index (χ3v) is 4.17. The van der Waals surface area contributed by atoms with Crippen molar-refractivity contribution >= 4 is 33.8 Å². The van der Waals surface area contributed by atoms with E-state index in [1.165, 1.54) is 11.3 Å². The van der Waals surface area contributed by atoms with Crippen LogP contribution in [0.2, 0.25) is 0 Å². The van der Waals surface area contributed by atoms with E-state index < -0.39 is 5.91 Å². The van der Waals surface area contributed by atoms with Gasteiger partial charge in [0.25, 0.3) is 0 Å². The van der Waals surface area contributed by atoms with Crippen molar-refractivity contribution in [2.75, 3.05) is 5.32 Å². The number of amides is 2. The number of nitrogens with two attached hydrogens (primary N) is 1. The number of hydrogen-bond acceptors (Lipinski definition) is 6. The van der Waals surface area contributed by atoms with Crippen LogP contribution < -0.4 is 11.1 Å². The van der Waals surface area contributed by atoms with Crippen LogP contribution in [0.25, 0.3) is 4.96 Å². The van der Waals surface area contributed by atoms with Crippen LogP contribution in [0.15, 0.2) is 24.3 Å². The largest absolute Gasteiger partial charge is 0.366 e.